The first-order valence-corrected chi connectivity index (χ1v) is 10.4. The largest absolute Gasteiger partial charge is 0.316 e. The summed E-state index contributed by atoms with van der Waals surface area (Å²) in [4.78, 5) is 0. The van der Waals surface area contributed by atoms with Gasteiger partial charge in [-0.25, -0.2) is 4.39 Å². The van der Waals surface area contributed by atoms with Crippen molar-refractivity contribution < 1.29 is 4.39 Å². The molecule has 31 heavy (non-hydrogen) atoms. The molecular formula is C22H20ClFN6S. The normalized spacial score (nSPS) is 10.8. The molecule has 4 aromatic rings. The minimum absolute atomic E-state index is 0.219. The van der Waals surface area contributed by atoms with E-state index in [1.165, 1.54) is 17.2 Å². The molecule has 0 aliphatic rings. The fourth-order valence-corrected chi connectivity index (χ4v) is 3.57. The summed E-state index contributed by atoms with van der Waals surface area (Å²) in [6.45, 7) is 2.96. The summed E-state index contributed by atoms with van der Waals surface area (Å²) in [6.07, 6.45) is 3.62. The maximum absolute atomic E-state index is 14.0. The lowest BCUT2D eigenvalue weighted by Gasteiger charge is -2.07. The molecule has 4 rings (SSSR count). The van der Waals surface area contributed by atoms with Gasteiger partial charge in [0.25, 0.3) is 0 Å². The molecule has 2 N–H and O–H groups in total. The lowest BCUT2D eigenvalue weighted by atomic mass is 10.1. The average molecular weight is 455 g/mol. The topological polar surface area (TPSA) is 59.7 Å². The van der Waals surface area contributed by atoms with Crippen molar-refractivity contribution in [2.24, 2.45) is 0 Å². The SMILES string of the molecule is Cc1cccc(Cn2ccc(NC(=S)Nc3ccn(Cc4c(F)cccc4Cl)n3)n2)c1. The van der Waals surface area contributed by atoms with Crippen molar-refractivity contribution in [1.29, 1.82) is 0 Å². The van der Waals surface area contributed by atoms with Crippen LogP contribution in [0, 0.1) is 12.7 Å². The van der Waals surface area contributed by atoms with Crippen LogP contribution >= 0.6 is 23.8 Å². The van der Waals surface area contributed by atoms with Gasteiger partial charge in [0.1, 0.15) is 5.82 Å². The second-order valence-corrected chi connectivity index (χ2v) is 7.88. The maximum Gasteiger partial charge on any atom is 0.177 e. The molecule has 158 valence electrons. The van der Waals surface area contributed by atoms with E-state index in [2.05, 4.69) is 46.0 Å². The first kappa shape index (κ1) is 21.0. The Balaban J connectivity index is 1.34. The zero-order chi connectivity index (χ0) is 21.8. The number of nitrogens with zero attached hydrogens (tertiary/aromatic N) is 4. The van der Waals surface area contributed by atoms with Crippen molar-refractivity contribution >= 4 is 40.6 Å². The minimum Gasteiger partial charge on any atom is -0.316 e. The number of nitrogens with one attached hydrogen (secondary N) is 2. The number of hydrogen-bond acceptors (Lipinski definition) is 3. The first-order valence-electron chi connectivity index (χ1n) is 9.59. The Kier molecular flexibility index (Phi) is 6.29. The van der Waals surface area contributed by atoms with Crippen molar-refractivity contribution in [1.82, 2.24) is 19.6 Å². The number of thiocarbonyl (C=S) groups is 1. The predicted molar refractivity (Wildman–Crippen MR) is 125 cm³/mol. The molecule has 6 nitrogen and oxygen atoms in total. The Morgan fingerprint density at radius 1 is 0.968 bits per heavy atom. The van der Waals surface area contributed by atoms with E-state index in [9.17, 15) is 4.39 Å². The molecule has 0 radical (unpaired) electrons. The van der Waals surface area contributed by atoms with Gasteiger partial charge in [-0.05, 0) is 36.8 Å². The smallest absolute Gasteiger partial charge is 0.177 e. The predicted octanol–water partition coefficient (Wildman–Crippen LogP) is 5.09. The molecule has 9 heteroatoms. The van der Waals surface area contributed by atoms with Gasteiger partial charge >= 0.3 is 0 Å². The van der Waals surface area contributed by atoms with Crippen molar-refractivity contribution in [3.63, 3.8) is 0 Å². The van der Waals surface area contributed by atoms with Gasteiger partial charge in [-0.2, -0.15) is 10.2 Å². The molecule has 0 bridgehead atoms. The lowest BCUT2D eigenvalue weighted by Crippen LogP contribution is -2.20. The number of aromatic nitrogens is 4. The molecular weight excluding hydrogens is 435 g/mol. The van der Waals surface area contributed by atoms with Crippen LogP contribution in [0.1, 0.15) is 16.7 Å². The number of halogens is 2. The van der Waals surface area contributed by atoms with Crippen LogP contribution < -0.4 is 10.6 Å². The van der Waals surface area contributed by atoms with Crippen molar-refractivity contribution in [2.75, 3.05) is 10.6 Å². The zero-order valence-electron chi connectivity index (χ0n) is 16.7. The summed E-state index contributed by atoms with van der Waals surface area (Å²) in [7, 11) is 0. The van der Waals surface area contributed by atoms with Crippen LogP contribution in [0.15, 0.2) is 67.0 Å². The van der Waals surface area contributed by atoms with Crippen LogP contribution in [0.5, 0.6) is 0 Å². The summed E-state index contributed by atoms with van der Waals surface area (Å²) >= 11 is 11.4. The standard InChI is InChI=1S/C22H20ClFN6S/c1-15-4-2-5-16(12-15)13-29-10-8-20(27-29)25-22(31)26-21-9-11-30(28-21)14-17-18(23)6-3-7-19(17)24/h2-12H,13-14H2,1H3,(H2,25,26,27,28,31). The van der Waals surface area contributed by atoms with E-state index in [4.69, 9.17) is 23.8 Å². The molecule has 0 unspecified atom stereocenters. The fraction of sp³-hybridized carbons (Fsp3) is 0.136. The van der Waals surface area contributed by atoms with Crippen molar-refractivity contribution in [3.05, 3.63) is 94.5 Å². The number of anilines is 2. The van der Waals surface area contributed by atoms with Crippen LogP contribution in [0.25, 0.3) is 0 Å². The highest BCUT2D eigenvalue weighted by molar-refractivity contribution is 7.80. The summed E-state index contributed by atoms with van der Waals surface area (Å²) in [5, 5.41) is 15.6. The Hall–Kier alpha value is -3.23. The van der Waals surface area contributed by atoms with Crippen LogP contribution in [-0.2, 0) is 13.1 Å². The number of rotatable bonds is 6. The summed E-state index contributed by atoms with van der Waals surface area (Å²) in [5.41, 5.74) is 2.78. The average Bonchev–Trinajstić information content (AvgIpc) is 3.34. The van der Waals surface area contributed by atoms with E-state index in [-0.39, 0.29) is 12.4 Å². The van der Waals surface area contributed by atoms with Gasteiger partial charge in [0, 0.05) is 35.1 Å². The van der Waals surface area contributed by atoms with Crippen LogP contribution in [-0.4, -0.2) is 24.7 Å². The zero-order valence-corrected chi connectivity index (χ0v) is 18.3. The van der Waals surface area contributed by atoms with E-state index in [1.54, 1.807) is 29.1 Å². The Bertz CT molecular complexity index is 1200. The molecule has 0 spiro atoms. The number of benzene rings is 2. The molecule has 0 aliphatic carbocycles. The molecule has 0 amide bonds. The third kappa shape index (κ3) is 5.48. The van der Waals surface area contributed by atoms with Gasteiger partial charge in [0.2, 0.25) is 0 Å². The highest BCUT2D eigenvalue weighted by Gasteiger charge is 2.10. The maximum atomic E-state index is 14.0. The third-order valence-corrected chi connectivity index (χ3v) is 5.13. The molecule has 2 aromatic heterocycles. The molecule has 2 aromatic carbocycles. The molecule has 0 atom stereocenters. The third-order valence-electron chi connectivity index (χ3n) is 4.57. The van der Waals surface area contributed by atoms with E-state index >= 15 is 0 Å². The van der Waals surface area contributed by atoms with Gasteiger partial charge in [-0.1, -0.05) is 47.5 Å². The van der Waals surface area contributed by atoms with E-state index < -0.39 is 0 Å². The molecule has 0 fully saturated rings. The Morgan fingerprint density at radius 2 is 1.61 bits per heavy atom. The molecule has 2 heterocycles. The van der Waals surface area contributed by atoms with Gasteiger partial charge in [0.05, 0.1) is 13.1 Å². The Labute approximate surface area is 189 Å². The van der Waals surface area contributed by atoms with Gasteiger partial charge in [-0.3, -0.25) is 9.36 Å². The van der Waals surface area contributed by atoms with Crippen LogP contribution in [0.2, 0.25) is 5.02 Å². The minimum atomic E-state index is -0.365. The van der Waals surface area contributed by atoms with E-state index in [0.29, 0.717) is 33.9 Å². The summed E-state index contributed by atoms with van der Waals surface area (Å²) in [6, 6.07) is 16.5. The monoisotopic (exact) mass is 454 g/mol. The van der Waals surface area contributed by atoms with Gasteiger partial charge in [-0.15, -0.1) is 0 Å². The van der Waals surface area contributed by atoms with Crippen molar-refractivity contribution in [2.45, 2.75) is 20.0 Å². The van der Waals surface area contributed by atoms with E-state index in [1.807, 2.05) is 23.0 Å². The van der Waals surface area contributed by atoms with Crippen molar-refractivity contribution in [3.8, 4) is 0 Å². The van der Waals surface area contributed by atoms with Gasteiger partial charge in [0.15, 0.2) is 16.7 Å². The first-order chi connectivity index (χ1) is 15.0. The quantitative estimate of drug-likeness (QED) is 0.397. The van der Waals surface area contributed by atoms with Crippen LogP contribution in [0.3, 0.4) is 0 Å². The molecule has 0 saturated heterocycles. The Morgan fingerprint density at radius 3 is 2.26 bits per heavy atom. The molecule has 0 aliphatic heterocycles. The lowest BCUT2D eigenvalue weighted by molar-refractivity contribution is 0.586. The van der Waals surface area contributed by atoms with E-state index in [0.717, 1.165) is 0 Å². The number of hydrogen-bond donors (Lipinski definition) is 2. The highest BCUT2D eigenvalue weighted by Crippen LogP contribution is 2.20. The fourth-order valence-electron chi connectivity index (χ4n) is 3.14. The number of aryl methyl sites for hydroxylation is 1. The second-order valence-electron chi connectivity index (χ2n) is 7.07. The molecule has 0 saturated carbocycles. The van der Waals surface area contributed by atoms with Gasteiger partial charge < -0.3 is 10.6 Å². The highest BCUT2D eigenvalue weighted by atomic mass is 35.5. The summed E-state index contributed by atoms with van der Waals surface area (Å²) < 4.78 is 17.4. The summed E-state index contributed by atoms with van der Waals surface area (Å²) in [5.74, 6) is 0.794. The van der Waals surface area contributed by atoms with Crippen LogP contribution in [0.4, 0.5) is 16.0 Å². The second kappa shape index (κ2) is 9.28.